The maximum Gasteiger partial charge on any atom is 0.227 e. The monoisotopic (exact) mass is 347 g/mol. The summed E-state index contributed by atoms with van der Waals surface area (Å²) in [5, 5.41) is 3.24. The second kappa shape index (κ2) is 7.66. The van der Waals surface area contributed by atoms with Gasteiger partial charge < -0.3 is 20.7 Å². The summed E-state index contributed by atoms with van der Waals surface area (Å²) in [6, 6.07) is 2.23. The minimum Gasteiger partial charge on any atom is -0.381 e. The average Bonchev–Trinajstić information content (AvgIpc) is 2.62. The fourth-order valence-electron chi connectivity index (χ4n) is 3.74. The summed E-state index contributed by atoms with van der Waals surface area (Å²) >= 11 is 0. The van der Waals surface area contributed by atoms with Gasteiger partial charge in [-0.25, -0.2) is 9.97 Å². The van der Waals surface area contributed by atoms with Crippen LogP contribution in [0.15, 0.2) is 6.07 Å². The Hall–Kier alpha value is -1.73. The molecule has 3 heterocycles. The number of carbonyl (C=O) groups is 1. The van der Waals surface area contributed by atoms with Crippen molar-refractivity contribution in [3.05, 3.63) is 17.6 Å². The maximum absolute atomic E-state index is 12.8. The van der Waals surface area contributed by atoms with E-state index in [1.54, 1.807) is 0 Å². The van der Waals surface area contributed by atoms with Crippen molar-refractivity contribution in [1.82, 2.24) is 15.3 Å². The number of carbonyl (C=O) groups excluding carboxylic acids is 1. The molecular weight excluding hydrogens is 318 g/mol. The third kappa shape index (κ3) is 4.10. The molecular formula is C18H29N5O2. The van der Waals surface area contributed by atoms with Gasteiger partial charge in [-0.15, -0.1) is 0 Å². The van der Waals surface area contributed by atoms with E-state index >= 15 is 0 Å². The van der Waals surface area contributed by atoms with Crippen molar-refractivity contribution in [1.29, 1.82) is 0 Å². The lowest BCUT2D eigenvalue weighted by Gasteiger charge is -2.38. The predicted octanol–water partition coefficient (Wildman–Crippen LogP) is 0.934. The Balaban J connectivity index is 1.56. The first kappa shape index (κ1) is 18.1. The van der Waals surface area contributed by atoms with E-state index in [2.05, 4.69) is 20.2 Å². The van der Waals surface area contributed by atoms with Crippen LogP contribution in [0.5, 0.6) is 0 Å². The average molecular weight is 347 g/mol. The highest BCUT2D eigenvalue weighted by Crippen LogP contribution is 2.30. The molecule has 3 N–H and O–H groups in total. The molecule has 2 fully saturated rings. The van der Waals surface area contributed by atoms with E-state index < -0.39 is 5.41 Å². The largest absolute Gasteiger partial charge is 0.381 e. The highest BCUT2D eigenvalue weighted by atomic mass is 16.5. The number of nitrogens with two attached hydrogens (primary N) is 1. The predicted molar refractivity (Wildman–Crippen MR) is 96.4 cm³/mol. The molecule has 1 aromatic rings. The molecule has 0 bridgehead atoms. The molecule has 0 unspecified atom stereocenters. The van der Waals surface area contributed by atoms with Crippen LogP contribution in [0.3, 0.4) is 0 Å². The van der Waals surface area contributed by atoms with Gasteiger partial charge in [0.2, 0.25) is 5.91 Å². The van der Waals surface area contributed by atoms with Crippen LogP contribution >= 0.6 is 0 Å². The summed E-state index contributed by atoms with van der Waals surface area (Å²) in [4.78, 5) is 23.9. The number of rotatable bonds is 4. The molecule has 25 heavy (non-hydrogen) atoms. The van der Waals surface area contributed by atoms with Crippen LogP contribution in [0.1, 0.15) is 37.2 Å². The Morgan fingerprint density at radius 3 is 2.60 bits per heavy atom. The lowest BCUT2D eigenvalue weighted by molar-refractivity contribution is -0.136. The third-order valence-corrected chi connectivity index (χ3v) is 5.43. The fraction of sp³-hybridized carbons (Fsp3) is 0.722. The van der Waals surface area contributed by atoms with Crippen LogP contribution in [-0.2, 0) is 9.53 Å². The summed E-state index contributed by atoms with van der Waals surface area (Å²) in [6.45, 7) is 7.32. The molecule has 138 valence electrons. The summed E-state index contributed by atoms with van der Waals surface area (Å²) in [5.41, 5.74) is 6.47. The number of hydrogen-bond acceptors (Lipinski definition) is 6. The topological polar surface area (TPSA) is 93.4 Å². The van der Waals surface area contributed by atoms with Gasteiger partial charge in [0.15, 0.2) is 0 Å². The quantitative estimate of drug-likeness (QED) is 0.842. The number of hydrogen-bond donors (Lipinski definition) is 2. The lowest BCUT2D eigenvalue weighted by Crippen LogP contribution is -2.53. The van der Waals surface area contributed by atoms with Gasteiger partial charge in [-0.3, -0.25) is 4.79 Å². The van der Waals surface area contributed by atoms with Crippen molar-refractivity contribution in [2.75, 3.05) is 37.7 Å². The van der Waals surface area contributed by atoms with Gasteiger partial charge in [0.25, 0.3) is 0 Å². The van der Waals surface area contributed by atoms with E-state index in [0.717, 1.165) is 43.3 Å². The van der Waals surface area contributed by atoms with Crippen LogP contribution in [0, 0.1) is 19.3 Å². The van der Waals surface area contributed by atoms with Crippen molar-refractivity contribution in [3.63, 3.8) is 0 Å². The smallest absolute Gasteiger partial charge is 0.227 e. The first-order valence-corrected chi connectivity index (χ1v) is 9.18. The number of aryl methyl sites for hydroxylation is 2. The lowest BCUT2D eigenvalue weighted by atomic mass is 9.79. The van der Waals surface area contributed by atoms with Crippen LogP contribution in [-0.4, -0.2) is 54.8 Å². The molecule has 2 aliphatic rings. The van der Waals surface area contributed by atoms with E-state index in [4.69, 9.17) is 10.5 Å². The van der Waals surface area contributed by atoms with Gasteiger partial charge in [-0.2, -0.15) is 0 Å². The Labute approximate surface area is 149 Å². The number of amides is 1. The minimum atomic E-state index is -0.448. The third-order valence-electron chi connectivity index (χ3n) is 5.43. The zero-order chi connectivity index (χ0) is 17.9. The number of nitrogens with one attached hydrogen (secondary N) is 1. The van der Waals surface area contributed by atoms with Crippen molar-refractivity contribution in [2.45, 2.75) is 45.6 Å². The van der Waals surface area contributed by atoms with E-state index in [1.165, 1.54) is 0 Å². The highest BCUT2D eigenvalue weighted by Gasteiger charge is 2.39. The Bertz CT molecular complexity index is 587. The Morgan fingerprint density at radius 1 is 1.32 bits per heavy atom. The van der Waals surface area contributed by atoms with Crippen LogP contribution < -0.4 is 16.0 Å². The molecule has 0 aliphatic carbocycles. The zero-order valence-corrected chi connectivity index (χ0v) is 15.3. The number of piperidine rings is 1. The standard InChI is InChI=1S/C18H29N5O2/c1-13-11-16(21-14(2)20-13)23-7-3-15(4-8-23)22-17(24)18(12-19)5-9-25-10-6-18/h11,15H,3-10,12,19H2,1-2H3,(H,22,24). The second-order valence-corrected chi connectivity index (χ2v) is 7.25. The van der Waals surface area contributed by atoms with E-state index in [9.17, 15) is 4.79 Å². The molecule has 7 nitrogen and oxygen atoms in total. The number of aromatic nitrogens is 2. The van der Waals surface area contributed by atoms with Gasteiger partial charge in [0.1, 0.15) is 11.6 Å². The molecule has 0 spiro atoms. The summed E-state index contributed by atoms with van der Waals surface area (Å²) in [5.74, 6) is 1.89. The van der Waals surface area contributed by atoms with Crippen LogP contribution in [0.4, 0.5) is 5.82 Å². The van der Waals surface area contributed by atoms with Crippen molar-refractivity contribution in [3.8, 4) is 0 Å². The molecule has 3 rings (SSSR count). The Morgan fingerprint density at radius 2 is 2.00 bits per heavy atom. The molecule has 7 heteroatoms. The number of nitrogens with zero attached hydrogens (tertiary/aromatic N) is 3. The molecule has 0 radical (unpaired) electrons. The van der Waals surface area contributed by atoms with Gasteiger partial charge in [0, 0.05) is 50.7 Å². The van der Waals surface area contributed by atoms with Gasteiger partial charge in [-0.1, -0.05) is 0 Å². The van der Waals surface area contributed by atoms with E-state index in [-0.39, 0.29) is 11.9 Å². The number of anilines is 1. The first-order valence-electron chi connectivity index (χ1n) is 9.18. The second-order valence-electron chi connectivity index (χ2n) is 7.25. The first-order chi connectivity index (χ1) is 12.0. The van der Waals surface area contributed by atoms with Crippen molar-refractivity contribution in [2.24, 2.45) is 11.1 Å². The molecule has 1 amide bonds. The minimum absolute atomic E-state index is 0.102. The van der Waals surface area contributed by atoms with Crippen LogP contribution in [0.2, 0.25) is 0 Å². The summed E-state index contributed by atoms with van der Waals surface area (Å²) in [7, 11) is 0. The maximum atomic E-state index is 12.8. The van der Waals surface area contributed by atoms with Gasteiger partial charge >= 0.3 is 0 Å². The number of ether oxygens (including phenoxy) is 1. The summed E-state index contributed by atoms with van der Waals surface area (Å²) < 4.78 is 5.39. The molecule has 2 saturated heterocycles. The van der Waals surface area contributed by atoms with Gasteiger partial charge in [0.05, 0.1) is 5.41 Å². The zero-order valence-electron chi connectivity index (χ0n) is 15.3. The van der Waals surface area contributed by atoms with E-state index in [0.29, 0.717) is 32.6 Å². The van der Waals surface area contributed by atoms with Crippen molar-refractivity contribution < 1.29 is 9.53 Å². The molecule has 2 aliphatic heterocycles. The van der Waals surface area contributed by atoms with Crippen molar-refractivity contribution >= 4 is 11.7 Å². The Kier molecular flexibility index (Phi) is 5.54. The fourth-order valence-corrected chi connectivity index (χ4v) is 3.74. The molecule has 0 atom stereocenters. The van der Waals surface area contributed by atoms with E-state index in [1.807, 2.05) is 19.9 Å². The highest BCUT2D eigenvalue weighted by molar-refractivity contribution is 5.83. The van der Waals surface area contributed by atoms with Crippen LogP contribution in [0.25, 0.3) is 0 Å². The molecule has 0 aromatic carbocycles. The molecule has 0 saturated carbocycles. The summed E-state index contributed by atoms with van der Waals surface area (Å²) in [6.07, 6.45) is 3.28. The molecule has 1 aromatic heterocycles. The normalized spacial score (nSPS) is 21.2. The SMILES string of the molecule is Cc1cc(N2CCC(NC(=O)C3(CN)CCOCC3)CC2)nc(C)n1. The van der Waals surface area contributed by atoms with Gasteiger partial charge in [-0.05, 0) is 39.5 Å².